The maximum absolute atomic E-state index is 13.2. The van der Waals surface area contributed by atoms with Crippen molar-refractivity contribution < 1.29 is 9.53 Å². The van der Waals surface area contributed by atoms with Crippen LogP contribution < -0.4 is 20.6 Å². The number of nitrogens with zero attached hydrogens (tertiary/aromatic N) is 3. The molecule has 0 unspecified atom stereocenters. The van der Waals surface area contributed by atoms with Gasteiger partial charge in [-0.2, -0.15) is 0 Å². The van der Waals surface area contributed by atoms with E-state index in [2.05, 4.69) is 12.2 Å². The number of para-hydroxylation sites is 1. The molecule has 3 aromatic carbocycles. The maximum atomic E-state index is 13.2. The molecule has 8 heteroatoms. The molecular weight excluding hydrogens is 468 g/mol. The van der Waals surface area contributed by atoms with Gasteiger partial charge in [-0.1, -0.05) is 72.8 Å². The minimum absolute atomic E-state index is 0.191. The highest BCUT2D eigenvalue weighted by Crippen LogP contribution is 2.32. The van der Waals surface area contributed by atoms with Gasteiger partial charge in [-0.25, -0.2) is 5.01 Å². The first-order valence-corrected chi connectivity index (χ1v) is 12.4. The Bertz CT molecular complexity index is 1360. The first-order valence-electron chi connectivity index (χ1n) is 11.1. The van der Waals surface area contributed by atoms with Gasteiger partial charge in [0.2, 0.25) is 0 Å². The number of carbonyl (C=O) groups is 1. The summed E-state index contributed by atoms with van der Waals surface area (Å²) in [5.74, 6) is 1.27. The number of hydrogen-bond donors (Lipinski definition) is 1. The molecular formula is C26H23ClN4O2S. The lowest BCUT2D eigenvalue weighted by Gasteiger charge is -2.34. The molecule has 0 aromatic heterocycles. The molecule has 0 aliphatic carbocycles. The molecule has 2 aliphatic heterocycles. The summed E-state index contributed by atoms with van der Waals surface area (Å²) >= 11 is 7.46. The number of halogens is 1. The van der Waals surface area contributed by atoms with E-state index in [9.17, 15) is 4.79 Å². The zero-order valence-electron chi connectivity index (χ0n) is 18.6. The molecule has 172 valence electrons. The monoisotopic (exact) mass is 490 g/mol. The van der Waals surface area contributed by atoms with Gasteiger partial charge in [0, 0.05) is 16.0 Å². The highest BCUT2D eigenvalue weighted by atomic mass is 35.5. The van der Waals surface area contributed by atoms with E-state index in [4.69, 9.17) is 26.4 Å². The maximum Gasteiger partial charge on any atom is 0.276 e. The Morgan fingerprint density at radius 2 is 1.82 bits per heavy atom. The third-order valence-electron chi connectivity index (χ3n) is 5.46. The van der Waals surface area contributed by atoms with E-state index in [0.29, 0.717) is 28.2 Å². The summed E-state index contributed by atoms with van der Waals surface area (Å²) in [6, 6.07) is 23.1. The Balaban J connectivity index is 1.49. The van der Waals surface area contributed by atoms with E-state index in [1.54, 1.807) is 5.01 Å². The average Bonchev–Trinajstić information content (AvgIpc) is 2.87. The van der Waals surface area contributed by atoms with Gasteiger partial charge in [0.25, 0.3) is 5.91 Å². The van der Waals surface area contributed by atoms with Crippen molar-refractivity contribution in [1.29, 1.82) is 0 Å². The van der Waals surface area contributed by atoms with E-state index in [1.165, 1.54) is 11.8 Å². The molecule has 2 aliphatic rings. The number of amides is 1. The molecule has 1 N–H and O–H groups in total. The smallest absolute Gasteiger partial charge is 0.276 e. The number of rotatable bonds is 6. The molecule has 0 bridgehead atoms. The summed E-state index contributed by atoms with van der Waals surface area (Å²) in [6.45, 7) is 2.75. The Kier molecular flexibility index (Phi) is 6.56. The summed E-state index contributed by atoms with van der Waals surface area (Å²) in [5.41, 5.74) is 2.52. The largest absolute Gasteiger partial charge is 0.494 e. The summed E-state index contributed by atoms with van der Waals surface area (Å²) < 4.78 is 5.72. The lowest BCUT2D eigenvalue weighted by Crippen LogP contribution is -2.50. The highest BCUT2D eigenvalue weighted by molar-refractivity contribution is 8.13. The summed E-state index contributed by atoms with van der Waals surface area (Å²) in [7, 11) is 0. The van der Waals surface area contributed by atoms with Gasteiger partial charge in [-0.3, -0.25) is 15.1 Å². The third-order valence-corrected chi connectivity index (χ3v) is 6.64. The van der Waals surface area contributed by atoms with Crippen molar-refractivity contribution in [3.63, 3.8) is 0 Å². The third kappa shape index (κ3) is 4.67. The van der Waals surface area contributed by atoms with Crippen molar-refractivity contribution in [1.82, 2.24) is 10.3 Å². The van der Waals surface area contributed by atoms with Crippen molar-refractivity contribution in [2.75, 3.05) is 6.61 Å². The van der Waals surface area contributed by atoms with E-state index in [-0.39, 0.29) is 5.91 Å². The van der Waals surface area contributed by atoms with Crippen LogP contribution in [0.3, 0.4) is 0 Å². The van der Waals surface area contributed by atoms with Crippen LogP contribution in [0, 0.1) is 0 Å². The second-order valence-corrected chi connectivity index (χ2v) is 9.31. The molecule has 0 fully saturated rings. The van der Waals surface area contributed by atoms with E-state index in [0.717, 1.165) is 33.9 Å². The molecule has 0 saturated heterocycles. The van der Waals surface area contributed by atoms with Crippen molar-refractivity contribution >= 4 is 40.1 Å². The predicted molar refractivity (Wildman–Crippen MR) is 136 cm³/mol. The Hall–Kier alpha value is -3.29. The molecule has 0 radical (unpaired) electrons. The van der Waals surface area contributed by atoms with Crippen LogP contribution >= 0.6 is 23.4 Å². The first kappa shape index (κ1) is 22.5. The minimum Gasteiger partial charge on any atom is -0.494 e. The van der Waals surface area contributed by atoms with Crippen LogP contribution in [-0.4, -0.2) is 22.7 Å². The summed E-state index contributed by atoms with van der Waals surface area (Å²) in [4.78, 5) is 18.2. The molecule has 34 heavy (non-hydrogen) atoms. The predicted octanol–water partition coefficient (Wildman–Crippen LogP) is 4.21. The van der Waals surface area contributed by atoms with Crippen molar-refractivity contribution in [3.8, 4) is 5.75 Å². The summed E-state index contributed by atoms with van der Waals surface area (Å²) in [5, 5.41) is 12.3. The van der Waals surface area contributed by atoms with Crippen molar-refractivity contribution in [3.05, 3.63) is 99.5 Å². The highest BCUT2D eigenvalue weighted by Gasteiger charge is 2.34. The number of benzene rings is 3. The van der Waals surface area contributed by atoms with Gasteiger partial charge >= 0.3 is 0 Å². The number of ether oxygens (including phenoxy) is 1. The van der Waals surface area contributed by atoms with Gasteiger partial charge in [-0.15, -0.1) is 5.10 Å². The zero-order chi connectivity index (χ0) is 23.5. The second kappa shape index (κ2) is 9.91. The molecule has 1 atom stereocenters. The van der Waals surface area contributed by atoms with E-state index >= 15 is 0 Å². The Morgan fingerprint density at radius 1 is 1.06 bits per heavy atom. The van der Waals surface area contributed by atoms with Crippen LogP contribution in [0.4, 0.5) is 0 Å². The van der Waals surface area contributed by atoms with Gasteiger partial charge in [-0.05, 0) is 47.9 Å². The van der Waals surface area contributed by atoms with Gasteiger partial charge in [0.05, 0.1) is 12.0 Å². The van der Waals surface area contributed by atoms with Crippen LogP contribution in [-0.2, 0) is 10.5 Å². The molecule has 0 saturated carbocycles. The van der Waals surface area contributed by atoms with Crippen molar-refractivity contribution in [2.24, 2.45) is 10.1 Å². The number of amidine groups is 1. The molecule has 1 amide bonds. The molecule has 2 heterocycles. The molecule has 5 rings (SSSR count). The number of fused-ring (bicyclic) bond motifs is 2. The molecule has 3 aromatic rings. The van der Waals surface area contributed by atoms with Crippen LogP contribution in [0.1, 0.15) is 30.6 Å². The number of carbonyl (C=O) groups excluding carboxylic acids is 1. The van der Waals surface area contributed by atoms with E-state index in [1.807, 2.05) is 72.8 Å². The topological polar surface area (TPSA) is 66.3 Å². The van der Waals surface area contributed by atoms with Crippen LogP contribution in [0.15, 0.2) is 82.9 Å². The lowest BCUT2D eigenvalue weighted by atomic mass is 10.1. The normalized spacial score (nSPS) is 16.7. The van der Waals surface area contributed by atoms with Crippen molar-refractivity contribution in [2.45, 2.75) is 25.3 Å². The zero-order valence-corrected chi connectivity index (χ0v) is 20.1. The SMILES string of the molecule is CCCOc1ccc([C@H]2N=c3ccccc3=C3C(=O)NC(SCc4ccc(Cl)cc4)=NN32)cc1. The fourth-order valence-corrected chi connectivity index (χ4v) is 4.73. The lowest BCUT2D eigenvalue weighted by molar-refractivity contribution is -0.116. The molecule has 6 nitrogen and oxygen atoms in total. The number of nitrogens with one attached hydrogen (secondary N) is 1. The van der Waals surface area contributed by atoms with Gasteiger partial charge in [0.15, 0.2) is 11.3 Å². The van der Waals surface area contributed by atoms with E-state index < -0.39 is 6.17 Å². The summed E-state index contributed by atoms with van der Waals surface area (Å²) in [6.07, 6.45) is 0.491. The van der Waals surface area contributed by atoms with Crippen LogP contribution in [0.5, 0.6) is 5.75 Å². The Morgan fingerprint density at radius 3 is 2.59 bits per heavy atom. The molecule has 0 spiro atoms. The Labute approximate surface area is 207 Å². The number of hydrogen-bond acceptors (Lipinski definition) is 6. The minimum atomic E-state index is -0.456. The standard InChI is InChI=1S/C26H23ClN4O2S/c1-2-15-33-20-13-9-18(10-14-20)24-28-22-6-4-3-5-21(22)23-25(32)29-26(30-31(23)24)34-16-17-7-11-19(27)12-8-17/h3-14,24H,2,15-16H2,1H3,(H,29,30,32)/t24-/m0/s1. The first-order chi connectivity index (χ1) is 16.6. The quantitative estimate of drug-likeness (QED) is 0.562. The number of thioether (sulfide) groups is 1. The van der Waals surface area contributed by atoms with Crippen LogP contribution in [0.25, 0.3) is 5.70 Å². The number of hydrazone groups is 1. The fraction of sp³-hybridized carbons (Fsp3) is 0.192. The second-order valence-electron chi connectivity index (χ2n) is 7.91. The average molecular weight is 491 g/mol. The van der Waals surface area contributed by atoms with Crippen LogP contribution in [0.2, 0.25) is 5.02 Å². The van der Waals surface area contributed by atoms with Gasteiger partial charge in [0.1, 0.15) is 11.4 Å². The van der Waals surface area contributed by atoms with Gasteiger partial charge < -0.3 is 4.74 Å². The fourth-order valence-electron chi connectivity index (χ4n) is 3.80.